The molecule has 1 atom stereocenters. The van der Waals surface area contributed by atoms with Gasteiger partial charge in [-0.15, -0.1) is 0 Å². The summed E-state index contributed by atoms with van der Waals surface area (Å²) in [5, 5.41) is 4.23. The van der Waals surface area contributed by atoms with Gasteiger partial charge in [0.15, 0.2) is 0 Å². The first-order valence-corrected chi connectivity index (χ1v) is 7.37. The van der Waals surface area contributed by atoms with Crippen LogP contribution in [0.4, 0.5) is 5.69 Å². The Balaban J connectivity index is 2.32. The average molecular weight is 306 g/mol. The van der Waals surface area contributed by atoms with Crippen molar-refractivity contribution in [1.82, 2.24) is 4.98 Å². The molecule has 0 bridgehead atoms. The summed E-state index contributed by atoms with van der Waals surface area (Å²) >= 11 is 6.28. The number of nitrogens with two attached hydrogens (primary N) is 1. The monoisotopic (exact) mass is 305 g/mol. The molecule has 4 nitrogen and oxygen atoms in total. The number of hydrogen-bond donors (Lipinski definition) is 2. The summed E-state index contributed by atoms with van der Waals surface area (Å²) in [5.41, 5.74) is 8.36. The minimum Gasteiger partial charge on any atom is -0.327 e. The molecule has 0 aliphatic carbocycles. The third-order valence-corrected chi connectivity index (χ3v) is 3.87. The topological polar surface area (TPSA) is 68.0 Å². The van der Waals surface area contributed by atoms with Gasteiger partial charge in [-0.25, -0.2) is 0 Å². The minimum absolute atomic E-state index is 0.132. The van der Waals surface area contributed by atoms with E-state index in [1.165, 1.54) is 0 Å². The lowest BCUT2D eigenvalue weighted by atomic mass is 10.0. The van der Waals surface area contributed by atoms with Gasteiger partial charge in [-0.2, -0.15) is 0 Å². The van der Waals surface area contributed by atoms with Gasteiger partial charge in [-0.1, -0.05) is 25.4 Å². The SMILES string of the molecule is Cc1cc(Cl)c(NC(=O)CC(N)C(C)C)c2cccnc12. The number of hydrogen-bond acceptors (Lipinski definition) is 3. The summed E-state index contributed by atoms with van der Waals surface area (Å²) in [7, 11) is 0. The fourth-order valence-electron chi connectivity index (χ4n) is 2.15. The molecule has 1 amide bonds. The Hall–Kier alpha value is -1.65. The van der Waals surface area contributed by atoms with Crippen LogP contribution in [0.3, 0.4) is 0 Å². The maximum Gasteiger partial charge on any atom is 0.225 e. The third-order valence-electron chi connectivity index (χ3n) is 3.57. The molecule has 0 saturated carbocycles. The smallest absolute Gasteiger partial charge is 0.225 e. The van der Waals surface area contributed by atoms with Gasteiger partial charge in [0.2, 0.25) is 5.91 Å². The maximum atomic E-state index is 12.1. The lowest BCUT2D eigenvalue weighted by molar-refractivity contribution is -0.116. The number of nitrogens with zero attached hydrogens (tertiary/aromatic N) is 1. The second kappa shape index (κ2) is 6.41. The van der Waals surface area contributed by atoms with Crippen molar-refractivity contribution in [2.75, 3.05) is 5.32 Å². The van der Waals surface area contributed by atoms with E-state index in [1.54, 1.807) is 6.20 Å². The highest BCUT2D eigenvalue weighted by Crippen LogP contribution is 2.32. The Morgan fingerprint density at radius 1 is 1.48 bits per heavy atom. The van der Waals surface area contributed by atoms with E-state index in [1.807, 2.05) is 39.0 Å². The molecule has 1 heterocycles. The standard InChI is InChI=1S/C16H20ClN3O/c1-9(2)13(18)8-14(21)20-16-11-5-4-6-19-15(11)10(3)7-12(16)17/h4-7,9,13H,8,18H2,1-3H3,(H,20,21). The molecular weight excluding hydrogens is 286 g/mol. The number of benzene rings is 1. The molecule has 1 aromatic heterocycles. The van der Waals surface area contributed by atoms with E-state index >= 15 is 0 Å². The van der Waals surface area contributed by atoms with Crippen LogP contribution in [0.25, 0.3) is 10.9 Å². The van der Waals surface area contributed by atoms with Gasteiger partial charge in [0.25, 0.3) is 0 Å². The van der Waals surface area contributed by atoms with Gasteiger partial charge in [-0.05, 0) is 36.6 Å². The highest BCUT2D eigenvalue weighted by atomic mass is 35.5. The van der Waals surface area contributed by atoms with Crippen molar-refractivity contribution in [3.63, 3.8) is 0 Å². The number of carbonyl (C=O) groups is 1. The Morgan fingerprint density at radius 3 is 2.86 bits per heavy atom. The van der Waals surface area contributed by atoms with Crippen LogP contribution < -0.4 is 11.1 Å². The summed E-state index contributed by atoms with van der Waals surface area (Å²) in [6, 6.07) is 5.38. The maximum absolute atomic E-state index is 12.1. The fraction of sp³-hybridized carbons (Fsp3) is 0.375. The summed E-state index contributed by atoms with van der Waals surface area (Å²) < 4.78 is 0. The molecule has 2 rings (SSSR count). The van der Waals surface area contributed by atoms with Crippen LogP contribution in [0.2, 0.25) is 5.02 Å². The highest BCUT2D eigenvalue weighted by molar-refractivity contribution is 6.35. The molecule has 1 unspecified atom stereocenters. The molecule has 5 heteroatoms. The highest BCUT2D eigenvalue weighted by Gasteiger charge is 2.16. The predicted octanol–water partition coefficient (Wildman–Crippen LogP) is 3.51. The number of aryl methyl sites for hydroxylation is 1. The first kappa shape index (κ1) is 15.7. The molecule has 112 valence electrons. The van der Waals surface area contributed by atoms with E-state index in [4.69, 9.17) is 17.3 Å². The number of fused-ring (bicyclic) bond motifs is 1. The van der Waals surface area contributed by atoms with Gasteiger partial charge in [0.05, 0.1) is 16.2 Å². The zero-order valence-electron chi connectivity index (χ0n) is 12.5. The number of carbonyl (C=O) groups excluding carboxylic acids is 1. The van der Waals surface area contributed by atoms with Gasteiger partial charge < -0.3 is 11.1 Å². The summed E-state index contributed by atoms with van der Waals surface area (Å²) in [6.07, 6.45) is 1.99. The van der Waals surface area contributed by atoms with Crippen molar-refractivity contribution >= 4 is 34.1 Å². The van der Waals surface area contributed by atoms with E-state index in [9.17, 15) is 4.79 Å². The van der Waals surface area contributed by atoms with Gasteiger partial charge in [0.1, 0.15) is 0 Å². The zero-order valence-corrected chi connectivity index (χ0v) is 13.2. The van der Waals surface area contributed by atoms with Crippen molar-refractivity contribution in [2.45, 2.75) is 33.2 Å². The van der Waals surface area contributed by atoms with Crippen LogP contribution in [-0.4, -0.2) is 16.9 Å². The predicted molar refractivity (Wildman–Crippen MR) is 87.6 cm³/mol. The van der Waals surface area contributed by atoms with Gasteiger partial charge in [-0.3, -0.25) is 9.78 Å². The van der Waals surface area contributed by atoms with Crippen molar-refractivity contribution in [1.29, 1.82) is 0 Å². The van der Waals surface area contributed by atoms with Crippen LogP contribution in [0.1, 0.15) is 25.8 Å². The molecule has 2 aromatic rings. The normalized spacial score (nSPS) is 12.7. The summed E-state index contributed by atoms with van der Waals surface area (Å²) in [5.74, 6) is 0.120. The molecule has 3 N–H and O–H groups in total. The number of nitrogens with one attached hydrogen (secondary N) is 1. The van der Waals surface area contributed by atoms with Crippen molar-refractivity contribution < 1.29 is 4.79 Å². The van der Waals surface area contributed by atoms with Crippen molar-refractivity contribution in [3.8, 4) is 0 Å². The zero-order chi connectivity index (χ0) is 15.6. The Morgan fingerprint density at radius 2 is 2.19 bits per heavy atom. The molecule has 1 aromatic carbocycles. The van der Waals surface area contributed by atoms with E-state index < -0.39 is 0 Å². The molecule has 0 fully saturated rings. The fourth-order valence-corrected chi connectivity index (χ4v) is 2.46. The Bertz CT molecular complexity index is 670. The number of amides is 1. The van der Waals surface area contributed by atoms with E-state index in [0.717, 1.165) is 16.5 Å². The summed E-state index contributed by atoms with van der Waals surface area (Å²) in [6.45, 7) is 5.94. The lowest BCUT2D eigenvalue weighted by Crippen LogP contribution is -2.31. The molecule has 0 aliphatic rings. The average Bonchev–Trinajstić information content (AvgIpc) is 2.43. The van der Waals surface area contributed by atoms with E-state index in [2.05, 4.69) is 10.3 Å². The number of halogens is 1. The molecule has 0 spiro atoms. The number of rotatable bonds is 4. The summed E-state index contributed by atoms with van der Waals surface area (Å²) in [4.78, 5) is 16.5. The van der Waals surface area contributed by atoms with Crippen LogP contribution in [0, 0.1) is 12.8 Å². The second-order valence-electron chi connectivity index (χ2n) is 5.61. The third kappa shape index (κ3) is 3.52. The molecule has 0 aliphatic heterocycles. The van der Waals surface area contributed by atoms with E-state index in [0.29, 0.717) is 10.7 Å². The molecule has 0 radical (unpaired) electrons. The molecule has 0 saturated heterocycles. The number of aromatic nitrogens is 1. The first-order chi connectivity index (χ1) is 9.90. The van der Waals surface area contributed by atoms with E-state index in [-0.39, 0.29) is 24.3 Å². The minimum atomic E-state index is -0.168. The van der Waals surface area contributed by atoms with Crippen LogP contribution in [0.5, 0.6) is 0 Å². The molecule has 21 heavy (non-hydrogen) atoms. The van der Waals surface area contributed by atoms with Crippen molar-refractivity contribution in [2.24, 2.45) is 11.7 Å². The van der Waals surface area contributed by atoms with Crippen LogP contribution in [-0.2, 0) is 4.79 Å². The first-order valence-electron chi connectivity index (χ1n) is 6.99. The number of anilines is 1. The van der Waals surface area contributed by atoms with Gasteiger partial charge in [0, 0.05) is 24.0 Å². The molecular formula is C16H20ClN3O. The quantitative estimate of drug-likeness (QED) is 0.908. The Kier molecular flexibility index (Phi) is 4.80. The second-order valence-corrected chi connectivity index (χ2v) is 6.02. The lowest BCUT2D eigenvalue weighted by Gasteiger charge is -2.16. The van der Waals surface area contributed by atoms with Crippen molar-refractivity contribution in [3.05, 3.63) is 35.0 Å². The number of pyridine rings is 1. The van der Waals surface area contributed by atoms with Gasteiger partial charge >= 0.3 is 0 Å². The van der Waals surface area contributed by atoms with Crippen LogP contribution in [0.15, 0.2) is 24.4 Å². The largest absolute Gasteiger partial charge is 0.327 e. The Labute approximate surface area is 129 Å². The van der Waals surface area contributed by atoms with Crippen LogP contribution >= 0.6 is 11.6 Å².